The fourth-order valence-corrected chi connectivity index (χ4v) is 3.59. The molecule has 0 radical (unpaired) electrons. The van der Waals surface area contributed by atoms with Gasteiger partial charge in [0.05, 0.1) is 6.54 Å². The SMILES string of the molecule is CCNC(=NCc1ccc(CC)s1)NCCCc1nnc2ccccn12.I. The normalized spacial score (nSPS) is 11.4. The number of fused-ring (bicyclic) bond motifs is 1. The predicted octanol–water partition coefficient (Wildman–Crippen LogP) is 3.66. The number of hydrogen-bond donors (Lipinski definition) is 2. The van der Waals surface area contributed by atoms with Crippen LogP contribution in [0, 0.1) is 0 Å². The number of aliphatic imine (C=N–C) groups is 1. The van der Waals surface area contributed by atoms with Crippen LogP contribution in [0.3, 0.4) is 0 Å². The summed E-state index contributed by atoms with van der Waals surface area (Å²) in [7, 11) is 0. The molecule has 3 aromatic rings. The number of guanidine groups is 1. The molecule has 8 heteroatoms. The minimum Gasteiger partial charge on any atom is -0.357 e. The molecule has 146 valence electrons. The number of nitrogens with zero attached hydrogens (tertiary/aromatic N) is 4. The van der Waals surface area contributed by atoms with Crippen LogP contribution in [-0.4, -0.2) is 33.6 Å². The zero-order chi connectivity index (χ0) is 18.2. The average molecular weight is 498 g/mol. The van der Waals surface area contributed by atoms with Gasteiger partial charge in [0.25, 0.3) is 0 Å². The lowest BCUT2D eigenvalue weighted by molar-refractivity contribution is 0.715. The van der Waals surface area contributed by atoms with Gasteiger partial charge < -0.3 is 10.6 Å². The lowest BCUT2D eigenvalue weighted by Gasteiger charge is -2.10. The van der Waals surface area contributed by atoms with E-state index in [0.717, 1.165) is 56.3 Å². The van der Waals surface area contributed by atoms with Crippen LogP contribution in [0.4, 0.5) is 0 Å². The largest absolute Gasteiger partial charge is 0.357 e. The van der Waals surface area contributed by atoms with Gasteiger partial charge in [0.1, 0.15) is 5.82 Å². The summed E-state index contributed by atoms with van der Waals surface area (Å²) < 4.78 is 2.04. The smallest absolute Gasteiger partial charge is 0.191 e. The molecule has 0 saturated carbocycles. The lowest BCUT2D eigenvalue weighted by atomic mass is 10.3. The minimum absolute atomic E-state index is 0. The molecule has 0 amide bonds. The van der Waals surface area contributed by atoms with E-state index < -0.39 is 0 Å². The highest BCUT2D eigenvalue weighted by Gasteiger charge is 2.05. The standard InChI is InChI=1S/C19H26N6S.HI/c1-3-15-10-11-16(26-15)14-22-19(20-4-2)21-12-7-9-18-24-23-17-8-5-6-13-25(17)18;/h5-6,8,10-11,13H,3-4,7,9,12,14H2,1-2H3,(H2,20,21,22);1H. The van der Waals surface area contributed by atoms with E-state index in [4.69, 9.17) is 0 Å². The molecule has 0 aliphatic heterocycles. The Morgan fingerprint density at radius 2 is 1.96 bits per heavy atom. The van der Waals surface area contributed by atoms with Gasteiger partial charge in [0, 0.05) is 35.5 Å². The Morgan fingerprint density at radius 1 is 1.11 bits per heavy atom. The highest BCUT2D eigenvalue weighted by atomic mass is 127. The molecule has 3 rings (SSSR count). The summed E-state index contributed by atoms with van der Waals surface area (Å²) in [6.07, 6.45) is 4.95. The maximum absolute atomic E-state index is 4.69. The van der Waals surface area contributed by atoms with Crippen molar-refractivity contribution in [2.45, 2.75) is 39.7 Å². The Labute approximate surface area is 181 Å². The molecule has 0 saturated heterocycles. The van der Waals surface area contributed by atoms with Gasteiger partial charge in [0.2, 0.25) is 0 Å². The number of halogens is 1. The highest BCUT2D eigenvalue weighted by molar-refractivity contribution is 14.0. The molecule has 0 bridgehead atoms. The summed E-state index contributed by atoms with van der Waals surface area (Å²) in [4.78, 5) is 7.40. The van der Waals surface area contributed by atoms with E-state index in [1.165, 1.54) is 9.75 Å². The second-order valence-electron chi connectivity index (χ2n) is 5.99. The van der Waals surface area contributed by atoms with Crippen LogP contribution in [0.5, 0.6) is 0 Å². The first-order valence-corrected chi connectivity index (χ1v) is 10.00. The van der Waals surface area contributed by atoms with E-state index in [1.54, 1.807) is 0 Å². The molecule has 3 heterocycles. The summed E-state index contributed by atoms with van der Waals surface area (Å²) in [5.74, 6) is 1.86. The molecule has 0 fully saturated rings. The number of nitrogens with one attached hydrogen (secondary N) is 2. The third-order valence-corrected chi connectivity index (χ3v) is 5.27. The van der Waals surface area contributed by atoms with E-state index >= 15 is 0 Å². The topological polar surface area (TPSA) is 66.6 Å². The lowest BCUT2D eigenvalue weighted by Crippen LogP contribution is -2.37. The Bertz CT molecular complexity index is 857. The number of aromatic nitrogens is 3. The van der Waals surface area contributed by atoms with Crippen molar-refractivity contribution >= 4 is 46.9 Å². The minimum atomic E-state index is 0. The third kappa shape index (κ3) is 6.17. The fraction of sp³-hybridized carbons (Fsp3) is 0.421. The van der Waals surface area contributed by atoms with Gasteiger partial charge in [-0.1, -0.05) is 13.0 Å². The Morgan fingerprint density at radius 3 is 2.74 bits per heavy atom. The van der Waals surface area contributed by atoms with Crippen molar-refractivity contribution < 1.29 is 0 Å². The zero-order valence-corrected chi connectivity index (χ0v) is 19.0. The maximum Gasteiger partial charge on any atom is 0.191 e. The number of thiophene rings is 1. The second-order valence-corrected chi connectivity index (χ2v) is 7.25. The van der Waals surface area contributed by atoms with Crippen molar-refractivity contribution in [3.63, 3.8) is 0 Å². The van der Waals surface area contributed by atoms with Crippen molar-refractivity contribution in [2.75, 3.05) is 13.1 Å². The summed E-state index contributed by atoms with van der Waals surface area (Å²) in [5.41, 5.74) is 0.896. The Balaban J connectivity index is 0.00000261. The Hall–Kier alpha value is -1.68. The first-order chi connectivity index (χ1) is 12.8. The number of hydrogen-bond acceptors (Lipinski definition) is 4. The van der Waals surface area contributed by atoms with Gasteiger partial charge in [-0.25, -0.2) is 4.99 Å². The number of pyridine rings is 1. The van der Waals surface area contributed by atoms with Crippen LogP contribution >= 0.6 is 35.3 Å². The first-order valence-electron chi connectivity index (χ1n) is 9.18. The average Bonchev–Trinajstić information content (AvgIpc) is 3.30. The molecule has 0 aromatic carbocycles. The Kier molecular flexibility index (Phi) is 8.99. The van der Waals surface area contributed by atoms with Crippen molar-refractivity contribution in [1.82, 2.24) is 25.2 Å². The summed E-state index contributed by atoms with van der Waals surface area (Å²) in [5, 5.41) is 15.2. The molecule has 0 unspecified atom stereocenters. The van der Waals surface area contributed by atoms with Gasteiger partial charge >= 0.3 is 0 Å². The van der Waals surface area contributed by atoms with Gasteiger partial charge in [-0.05, 0) is 44.0 Å². The van der Waals surface area contributed by atoms with E-state index in [0.29, 0.717) is 0 Å². The third-order valence-electron chi connectivity index (χ3n) is 4.06. The molecule has 6 nitrogen and oxygen atoms in total. The van der Waals surface area contributed by atoms with Crippen molar-refractivity contribution in [2.24, 2.45) is 4.99 Å². The van der Waals surface area contributed by atoms with Crippen LogP contribution in [-0.2, 0) is 19.4 Å². The van der Waals surface area contributed by atoms with Crippen LogP contribution in [0.2, 0.25) is 0 Å². The molecular formula is C19H27IN6S. The molecule has 0 atom stereocenters. The molecule has 27 heavy (non-hydrogen) atoms. The quantitative estimate of drug-likeness (QED) is 0.215. The van der Waals surface area contributed by atoms with E-state index in [-0.39, 0.29) is 24.0 Å². The molecular weight excluding hydrogens is 471 g/mol. The fourth-order valence-electron chi connectivity index (χ4n) is 2.71. The molecule has 0 aliphatic carbocycles. The van der Waals surface area contributed by atoms with Crippen LogP contribution in [0.25, 0.3) is 5.65 Å². The van der Waals surface area contributed by atoms with Crippen LogP contribution in [0.1, 0.15) is 35.8 Å². The van der Waals surface area contributed by atoms with E-state index in [9.17, 15) is 0 Å². The van der Waals surface area contributed by atoms with Gasteiger partial charge in [-0.15, -0.1) is 45.5 Å². The van der Waals surface area contributed by atoms with Gasteiger partial charge in [0.15, 0.2) is 11.6 Å². The maximum atomic E-state index is 4.69. The predicted molar refractivity (Wildman–Crippen MR) is 123 cm³/mol. The zero-order valence-electron chi connectivity index (χ0n) is 15.8. The van der Waals surface area contributed by atoms with Crippen LogP contribution in [0.15, 0.2) is 41.5 Å². The highest BCUT2D eigenvalue weighted by Crippen LogP contribution is 2.17. The van der Waals surface area contributed by atoms with E-state index in [2.05, 4.69) is 51.8 Å². The van der Waals surface area contributed by atoms with Crippen LogP contribution < -0.4 is 10.6 Å². The first kappa shape index (κ1) is 21.6. The number of rotatable bonds is 8. The van der Waals surface area contributed by atoms with E-state index in [1.807, 2.05) is 40.1 Å². The van der Waals surface area contributed by atoms with Crippen molar-refractivity contribution in [3.05, 3.63) is 52.1 Å². The summed E-state index contributed by atoms with van der Waals surface area (Å²) in [6, 6.07) is 10.3. The summed E-state index contributed by atoms with van der Waals surface area (Å²) >= 11 is 1.84. The van der Waals surface area contributed by atoms with Crippen molar-refractivity contribution in [1.29, 1.82) is 0 Å². The molecule has 0 spiro atoms. The van der Waals surface area contributed by atoms with Gasteiger partial charge in [-0.2, -0.15) is 0 Å². The second kappa shape index (κ2) is 11.2. The molecule has 3 aromatic heterocycles. The van der Waals surface area contributed by atoms with Crippen molar-refractivity contribution in [3.8, 4) is 0 Å². The summed E-state index contributed by atoms with van der Waals surface area (Å²) in [6.45, 7) is 6.68. The number of aryl methyl sites for hydroxylation is 2. The molecule has 0 aliphatic rings. The monoisotopic (exact) mass is 498 g/mol. The molecule has 2 N–H and O–H groups in total. The van der Waals surface area contributed by atoms with Gasteiger partial charge in [-0.3, -0.25) is 4.40 Å².